The lowest BCUT2D eigenvalue weighted by molar-refractivity contribution is -0.123. The molecule has 0 saturated carbocycles. The van der Waals surface area contributed by atoms with Crippen LogP contribution < -0.4 is 25.8 Å². The van der Waals surface area contributed by atoms with Crippen molar-refractivity contribution in [1.29, 1.82) is 0 Å². The fourth-order valence-electron chi connectivity index (χ4n) is 3.61. The van der Waals surface area contributed by atoms with Crippen molar-refractivity contribution in [1.82, 2.24) is 5.32 Å². The van der Waals surface area contributed by atoms with Crippen LogP contribution in [0.3, 0.4) is 0 Å². The normalized spacial score (nSPS) is 11.5. The van der Waals surface area contributed by atoms with E-state index in [0.29, 0.717) is 24.3 Å². The van der Waals surface area contributed by atoms with Crippen LogP contribution in [0.4, 0.5) is 27.1 Å². The molecule has 2 amide bonds. The van der Waals surface area contributed by atoms with Gasteiger partial charge in [-0.3, -0.25) is 9.59 Å². The predicted molar refractivity (Wildman–Crippen MR) is 145 cm³/mol. The molecule has 3 aromatic rings. The van der Waals surface area contributed by atoms with Crippen molar-refractivity contribution in [3.05, 3.63) is 84.2 Å². The molecule has 3 aromatic carbocycles. The Morgan fingerprint density at radius 1 is 0.750 bits per heavy atom. The summed E-state index contributed by atoms with van der Waals surface area (Å²) in [5.41, 5.74) is 4.37. The van der Waals surface area contributed by atoms with Gasteiger partial charge in [-0.15, -0.1) is 0 Å². The van der Waals surface area contributed by atoms with Crippen LogP contribution >= 0.6 is 0 Å². The summed E-state index contributed by atoms with van der Waals surface area (Å²) in [7, 11) is 7.87. The first kappa shape index (κ1) is 26.7. The standard InChI is InChI=1S/C28H34FN5O2/c1-33(2)24-13-5-20(6-14-24)17-18-30-26(28(36)32-23-9-7-21(29)8-10-23)19-27(35)31-22-11-15-25(16-12-22)34(3)4/h5-16,26,30H,17-19H2,1-4H3,(H,31,35)(H,32,36). The van der Waals surface area contributed by atoms with Gasteiger partial charge in [0.2, 0.25) is 11.8 Å². The smallest absolute Gasteiger partial charge is 0.242 e. The van der Waals surface area contributed by atoms with E-state index in [4.69, 9.17) is 0 Å². The molecule has 0 aliphatic heterocycles. The number of carbonyl (C=O) groups is 2. The zero-order chi connectivity index (χ0) is 26.1. The Morgan fingerprint density at radius 2 is 1.25 bits per heavy atom. The Balaban J connectivity index is 1.63. The average molecular weight is 492 g/mol. The van der Waals surface area contributed by atoms with E-state index in [1.165, 1.54) is 24.3 Å². The van der Waals surface area contributed by atoms with Gasteiger partial charge in [0.25, 0.3) is 0 Å². The van der Waals surface area contributed by atoms with Gasteiger partial charge in [-0.1, -0.05) is 12.1 Å². The van der Waals surface area contributed by atoms with E-state index in [9.17, 15) is 14.0 Å². The van der Waals surface area contributed by atoms with Gasteiger partial charge in [0, 0.05) is 50.9 Å². The van der Waals surface area contributed by atoms with Crippen LogP contribution in [0.15, 0.2) is 72.8 Å². The Hall–Kier alpha value is -3.91. The summed E-state index contributed by atoms with van der Waals surface area (Å²) < 4.78 is 13.2. The zero-order valence-corrected chi connectivity index (χ0v) is 21.2. The molecule has 0 spiro atoms. The van der Waals surface area contributed by atoms with E-state index >= 15 is 0 Å². The third-order valence-electron chi connectivity index (χ3n) is 5.74. The second kappa shape index (κ2) is 12.7. The number of hydrogen-bond acceptors (Lipinski definition) is 5. The quantitative estimate of drug-likeness (QED) is 0.376. The summed E-state index contributed by atoms with van der Waals surface area (Å²) in [6.07, 6.45) is 0.643. The van der Waals surface area contributed by atoms with Crippen molar-refractivity contribution < 1.29 is 14.0 Å². The highest BCUT2D eigenvalue weighted by molar-refractivity contribution is 6.00. The first-order valence-corrected chi connectivity index (χ1v) is 11.8. The number of hydrogen-bond donors (Lipinski definition) is 3. The minimum atomic E-state index is -0.767. The van der Waals surface area contributed by atoms with Gasteiger partial charge in [0.1, 0.15) is 5.82 Å². The molecule has 36 heavy (non-hydrogen) atoms. The monoisotopic (exact) mass is 491 g/mol. The van der Waals surface area contributed by atoms with Crippen molar-refractivity contribution in [2.75, 3.05) is 55.2 Å². The molecule has 1 atom stereocenters. The van der Waals surface area contributed by atoms with Crippen LogP contribution in [0.2, 0.25) is 0 Å². The topological polar surface area (TPSA) is 76.7 Å². The van der Waals surface area contributed by atoms with Crippen molar-refractivity contribution in [3.8, 4) is 0 Å². The van der Waals surface area contributed by atoms with E-state index in [1.807, 2.05) is 74.4 Å². The van der Waals surface area contributed by atoms with Crippen LogP contribution in [0, 0.1) is 5.82 Å². The van der Waals surface area contributed by atoms with E-state index in [-0.39, 0.29) is 24.1 Å². The molecule has 1 unspecified atom stereocenters. The molecule has 7 nitrogen and oxygen atoms in total. The second-order valence-corrected chi connectivity index (χ2v) is 9.01. The molecule has 3 rings (SSSR count). The zero-order valence-electron chi connectivity index (χ0n) is 21.2. The summed E-state index contributed by atoms with van der Waals surface area (Å²) in [5.74, 6) is -1.03. The van der Waals surface area contributed by atoms with Gasteiger partial charge >= 0.3 is 0 Å². The lowest BCUT2D eigenvalue weighted by Gasteiger charge is -2.19. The number of halogens is 1. The molecule has 0 aliphatic carbocycles. The number of amides is 2. The van der Waals surface area contributed by atoms with Crippen LogP contribution in [0.25, 0.3) is 0 Å². The van der Waals surface area contributed by atoms with Crippen molar-refractivity contribution >= 4 is 34.6 Å². The maximum atomic E-state index is 13.2. The summed E-state index contributed by atoms with van der Waals surface area (Å²) in [5, 5.41) is 8.84. The molecule has 0 radical (unpaired) electrons. The minimum Gasteiger partial charge on any atom is -0.378 e. The van der Waals surface area contributed by atoms with E-state index in [1.54, 1.807) is 0 Å². The Kier molecular flexibility index (Phi) is 9.41. The number of nitrogens with zero attached hydrogens (tertiary/aromatic N) is 2. The molecule has 8 heteroatoms. The maximum Gasteiger partial charge on any atom is 0.242 e. The molecule has 0 aromatic heterocycles. The largest absolute Gasteiger partial charge is 0.378 e. The van der Waals surface area contributed by atoms with Crippen LogP contribution in [0.1, 0.15) is 12.0 Å². The Labute approximate surface area is 212 Å². The predicted octanol–water partition coefficient (Wildman–Crippen LogP) is 4.13. The van der Waals surface area contributed by atoms with Crippen molar-refractivity contribution in [3.63, 3.8) is 0 Å². The fraction of sp³-hybridized carbons (Fsp3) is 0.286. The highest BCUT2D eigenvalue weighted by Gasteiger charge is 2.22. The van der Waals surface area contributed by atoms with Gasteiger partial charge in [0.15, 0.2) is 0 Å². The Morgan fingerprint density at radius 3 is 1.81 bits per heavy atom. The van der Waals surface area contributed by atoms with Gasteiger partial charge in [-0.25, -0.2) is 4.39 Å². The molecule has 0 fully saturated rings. The molecular weight excluding hydrogens is 457 g/mol. The number of benzene rings is 3. The first-order valence-electron chi connectivity index (χ1n) is 11.8. The number of nitrogens with one attached hydrogen (secondary N) is 3. The SMILES string of the molecule is CN(C)c1ccc(CCNC(CC(=O)Nc2ccc(N(C)C)cc2)C(=O)Nc2ccc(F)cc2)cc1. The van der Waals surface area contributed by atoms with E-state index in [2.05, 4.69) is 28.1 Å². The van der Waals surface area contributed by atoms with Gasteiger partial charge < -0.3 is 25.8 Å². The maximum absolute atomic E-state index is 13.2. The molecule has 0 aliphatic rings. The Bertz CT molecular complexity index is 1130. The minimum absolute atomic E-state index is 0.0535. The molecule has 0 bridgehead atoms. The molecule has 0 saturated heterocycles. The van der Waals surface area contributed by atoms with Gasteiger partial charge in [-0.2, -0.15) is 0 Å². The fourth-order valence-corrected chi connectivity index (χ4v) is 3.61. The van der Waals surface area contributed by atoms with Gasteiger partial charge in [0.05, 0.1) is 12.5 Å². The second-order valence-electron chi connectivity index (χ2n) is 9.01. The summed E-state index contributed by atoms with van der Waals surface area (Å²) in [4.78, 5) is 29.8. The van der Waals surface area contributed by atoms with Crippen LogP contribution in [-0.2, 0) is 16.0 Å². The van der Waals surface area contributed by atoms with E-state index in [0.717, 1.165) is 16.9 Å². The molecule has 3 N–H and O–H groups in total. The summed E-state index contributed by atoms with van der Waals surface area (Å²) in [6.45, 7) is 0.508. The third kappa shape index (κ3) is 8.09. The third-order valence-corrected chi connectivity index (χ3v) is 5.74. The van der Waals surface area contributed by atoms with Crippen LogP contribution in [0.5, 0.6) is 0 Å². The van der Waals surface area contributed by atoms with E-state index < -0.39 is 6.04 Å². The lowest BCUT2D eigenvalue weighted by atomic mass is 10.1. The summed E-state index contributed by atoms with van der Waals surface area (Å²) >= 11 is 0. The first-order chi connectivity index (χ1) is 17.2. The lowest BCUT2D eigenvalue weighted by Crippen LogP contribution is -2.43. The highest BCUT2D eigenvalue weighted by atomic mass is 19.1. The average Bonchev–Trinajstić information content (AvgIpc) is 2.85. The highest BCUT2D eigenvalue weighted by Crippen LogP contribution is 2.17. The molecule has 0 heterocycles. The number of carbonyl (C=O) groups excluding carboxylic acids is 2. The number of rotatable bonds is 11. The number of anilines is 4. The molecular formula is C28H34FN5O2. The molecule has 190 valence electrons. The van der Waals surface area contributed by atoms with Gasteiger partial charge in [-0.05, 0) is 79.2 Å². The van der Waals surface area contributed by atoms with Crippen LogP contribution in [-0.4, -0.2) is 52.6 Å². The van der Waals surface area contributed by atoms with Crippen molar-refractivity contribution in [2.45, 2.75) is 18.9 Å². The van der Waals surface area contributed by atoms with Crippen molar-refractivity contribution in [2.24, 2.45) is 0 Å². The summed E-state index contributed by atoms with van der Waals surface area (Å²) in [6, 6.07) is 20.4.